The highest BCUT2D eigenvalue weighted by Crippen LogP contribution is 2.41. The average Bonchev–Trinajstić information content (AvgIpc) is 3.18. The third kappa shape index (κ3) is 3.69. The first kappa shape index (κ1) is 18.0. The molecule has 1 aliphatic heterocycles. The first-order valence-corrected chi connectivity index (χ1v) is 9.73. The number of aromatic hydroxyl groups is 1. The van der Waals surface area contributed by atoms with Gasteiger partial charge >= 0.3 is 0 Å². The Hall–Kier alpha value is -2.40. The number of ether oxygens (including phenoxy) is 1. The highest BCUT2D eigenvalue weighted by molar-refractivity contribution is 6.34. The molecule has 5 nitrogen and oxygen atoms in total. The standard InChI is InChI=1S/C21H23ClN2O3/c1-12-6-7-16-19(8-12)27-20(11-23-16)21(26)24-17-10-18(25)14(9-15(17)22)13-4-2-3-5-13/h6-10,13,20,23,25H,2-5,11H2,1H3,(H,24,26). The van der Waals surface area contributed by atoms with Crippen molar-refractivity contribution in [1.29, 1.82) is 0 Å². The highest BCUT2D eigenvalue weighted by atomic mass is 35.5. The van der Waals surface area contributed by atoms with Crippen molar-refractivity contribution < 1.29 is 14.6 Å². The minimum Gasteiger partial charge on any atom is -0.508 e. The van der Waals surface area contributed by atoms with Gasteiger partial charge in [0.15, 0.2) is 6.10 Å². The number of hydrogen-bond acceptors (Lipinski definition) is 4. The van der Waals surface area contributed by atoms with Crippen molar-refractivity contribution >= 4 is 28.9 Å². The molecule has 27 heavy (non-hydrogen) atoms. The Morgan fingerprint density at radius 2 is 2.04 bits per heavy atom. The molecule has 1 heterocycles. The number of halogens is 1. The Morgan fingerprint density at radius 1 is 1.26 bits per heavy atom. The fraction of sp³-hybridized carbons (Fsp3) is 0.381. The lowest BCUT2D eigenvalue weighted by Crippen LogP contribution is -2.41. The van der Waals surface area contributed by atoms with E-state index in [4.69, 9.17) is 16.3 Å². The molecule has 3 N–H and O–H groups in total. The zero-order valence-corrected chi connectivity index (χ0v) is 16.0. The van der Waals surface area contributed by atoms with Crippen LogP contribution in [0.25, 0.3) is 0 Å². The van der Waals surface area contributed by atoms with Crippen LogP contribution in [0.1, 0.15) is 42.7 Å². The van der Waals surface area contributed by atoms with E-state index < -0.39 is 6.10 Å². The van der Waals surface area contributed by atoms with E-state index >= 15 is 0 Å². The number of carbonyl (C=O) groups is 1. The molecule has 4 rings (SSSR count). The normalized spacial score (nSPS) is 19.1. The minimum atomic E-state index is -0.674. The molecule has 0 spiro atoms. The molecule has 1 fully saturated rings. The lowest BCUT2D eigenvalue weighted by Gasteiger charge is -2.27. The van der Waals surface area contributed by atoms with Gasteiger partial charge in [-0.05, 0) is 55.0 Å². The second-order valence-electron chi connectivity index (χ2n) is 7.35. The number of fused-ring (bicyclic) bond motifs is 1. The van der Waals surface area contributed by atoms with Gasteiger partial charge in [-0.1, -0.05) is 30.5 Å². The summed E-state index contributed by atoms with van der Waals surface area (Å²) in [5, 5.41) is 16.8. The third-order valence-electron chi connectivity index (χ3n) is 5.35. The van der Waals surface area contributed by atoms with Crippen molar-refractivity contribution in [2.24, 2.45) is 0 Å². The first-order valence-electron chi connectivity index (χ1n) is 9.35. The van der Waals surface area contributed by atoms with E-state index in [1.807, 2.05) is 25.1 Å². The molecule has 142 valence electrons. The van der Waals surface area contributed by atoms with Crippen molar-refractivity contribution in [2.45, 2.75) is 44.6 Å². The summed E-state index contributed by atoms with van der Waals surface area (Å²) in [6.45, 7) is 2.34. The molecule has 1 saturated carbocycles. The Kier molecular flexibility index (Phi) is 4.87. The molecular weight excluding hydrogens is 364 g/mol. The SMILES string of the molecule is Cc1ccc2c(c1)OC(C(=O)Nc1cc(O)c(C3CCCC3)cc1Cl)CN2. The molecule has 0 saturated heterocycles. The summed E-state index contributed by atoms with van der Waals surface area (Å²) in [5.41, 5.74) is 3.21. The van der Waals surface area contributed by atoms with E-state index in [-0.39, 0.29) is 11.7 Å². The largest absolute Gasteiger partial charge is 0.508 e. The molecule has 2 aliphatic rings. The number of benzene rings is 2. The van der Waals surface area contributed by atoms with Crippen LogP contribution in [-0.2, 0) is 4.79 Å². The molecule has 2 aromatic carbocycles. The number of aryl methyl sites for hydroxylation is 1. The van der Waals surface area contributed by atoms with E-state index in [2.05, 4.69) is 10.6 Å². The lowest BCUT2D eigenvalue weighted by molar-refractivity contribution is -0.122. The second kappa shape index (κ2) is 7.31. The van der Waals surface area contributed by atoms with E-state index in [1.165, 1.54) is 12.8 Å². The van der Waals surface area contributed by atoms with Crippen molar-refractivity contribution in [1.82, 2.24) is 0 Å². The first-order chi connectivity index (χ1) is 13.0. The van der Waals surface area contributed by atoms with Gasteiger partial charge in [-0.15, -0.1) is 0 Å². The van der Waals surface area contributed by atoms with Crippen LogP contribution in [0.3, 0.4) is 0 Å². The molecule has 0 aromatic heterocycles. The second-order valence-corrected chi connectivity index (χ2v) is 7.76. The van der Waals surface area contributed by atoms with E-state index in [9.17, 15) is 9.90 Å². The van der Waals surface area contributed by atoms with Gasteiger partial charge in [0.25, 0.3) is 5.91 Å². The van der Waals surface area contributed by atoms with Crippen LogP contribution in [0, 0.1) is 6.92 Å². The average molecular weight is 387 g/mol. The molecule has 1 atom stereocenters. The maximum atomic E-state index is 12.7. The number of carbonyl (C=O) groups excluding carboxylic acids is 1. The number of amides is 1. The molecular formula is C21H23ClN2O3. The zero-order chi connectivity index (χ0) is 19.0. The van der Waals surface area contributed by atoms with Crippen molar-refractivity contribution in [3.63, 3.8) is 0 Å². The number of rotatable bonds is 3. The quantitative estimate of drug-likeness (QED) is 0.707. The van der Waals surface area contributed by atoms with E-state index in [0.29, 0.717) is 28.9 Å². The maximum Gasteiger partial charge on any atom is 0.267 e. The Morgan fingerprint density at radius 3 is 2.81 bits per heavy atom. The minimum absolute atomic E-state index is 0.185. The summed E-state index contributed by atoms with van der Waals surface area (Å²) < 4.78 is 5.84. The fourth-order valence-corrected chi connectivity index (χ4v) is 4.09. The lowest BCUT2D eigenvalue weighted by atomic mass is 9.96. The smallest absolute Gasteiger partial charge is 0.267 e. The molecule has 0 bridgehead atoms. The van der Waals surface area contributed by atoms with Gasteiger partial charge in [-0.25, -0.2) is 0 Å². The topological polar surface area (TPSA) is 70.6 Å². The summed E-state index contributed by atoms with van der Waals surface area (Å²) in [6, 6.07) is 9.15. The highest BCUT2D eigenvalue weighted by Gasteiger charge is 2.27. The fourth-order valence-electron chi connectivity index (χ4n) is 3.87. The van der Waals surface area contributed by atoms with Gasteiger partial charge in [0.1, 0.15) is 11.5 Å². The Labute approximate surface area is 163 Å². The van der Waals surface area contributed by atoms with Crippen LogP contribution in [0.2, 0.25) is 5.02 Å². The predicted octanol–water partition coefficient (Wildman–Crippen LogP) is 4.82. The number of hydrogen-bond donors (Lipinski definition) is 3. The van der Waals surface area contributed by atoms with Crippen molar-refractivity contribution in [2.75, 3.05) is 17.2 Å². The van der Waals surface area contributed by atoms with Gasteiger partial charge in [0.05, 0.1) is 22.9 Å². The van der Waals surface area contributed by atoms with Crippen molar-refractivity contribution in [3.8, 4) is 11.5 Å². The van der Waals surface area contributed by atoms with Crippen LogP contribution in [0.4, 0.5) is 11.4 Å². The van der Waals surface area contributed by atoms with E-state index in [1.54, 1.807) is 12.1 Å². The number of phenols is 1. The van der Waals surface area contributed by atoms with Crippen LogP contribution < -0.4 is 15.4 Å². The van der Waals surface area contributed by atoms with Crippen molar-refractivity contribution in [3.05, 3.63) is 46.5 Å². The van der Waals surface area contributed by atoms with Gasteiger partial charge in [0, 0.05) is 6.07 Å². The maximum absolute atomic E-state index is 12.7. The van der Waals surface area contributed by atoms with Crippen LogP contribution in [0.15, 0.2) is 30.3 Å². The molecule has 0 radical (unpaired) electrons. The van der Waals surface area contributed by atoms with Gasteiger partial charge in [-0.2, -0.15) is 0 Å². The summed E-state index contributed by atoms with van der Waals surface area (Å²) in [5.74, 6) is 0.889. The van der Waals surface area contributed by atoms with Gasteiger partial charge < -0.3 is 20.5 Å². The summed E-state index contributed by atoms with van der Waals surface area (Å²) in [6.07, 6.45) is 3.80. The Balaban J connectivity index is 1.49. The zero-order valence-electron chi connectivity index (χ0n) is 15.2. The molecule has 1 amide bonds. The molecule has 6 heteroatoms. The van der Waals surface area contributed by atoms with E-state index in [0.717, 1.165) is 29.7 Å². The third-order valence-corrected chi connectivity index (χ3v) is 5.66. The molecule has 2 aromatic rings. The number of anilines is 2. The van der Waals surface area contributed by atoms with Gasteiger partial charge in [-0.3, -0.25) is 4.79 Å². The van der Waals surface area contributed by atoms with Gasteiger partial charge in [0.2, 0.25) is 0 Å². The molecule has 1 unspecified atom stereocenters. The number of phenolic OH excluding ortho intramolecular Hbond substituents is 1. The predicted molar refractivity (Wildman–Crippen MR) is 107 cm³/mol. The molecule has 1 aliphatic carbocycles. The summed E-state index contributed by atoms with van der Waals surface area (Å²) >= 11 is 6.38. The van der Waals surface area contributed by atoms with Crippen LogP contribution >= 0.6 is 11.6 Å². The van der Waals surface area contributed by atoms with Crippen LogP contribution in [0.5, 0.6) is 11.5 Å². The monoisotopic (exact) mass is 386 g/mol. The summed E-state index contributed by atoms with van der Waals surface area (Å²) in [7, 11) is 0. The van der Waals surface area contributed by atoms with Crippen LogP contribution in [-0.4, -0.2) is 23.7 Å². The summed E-state index contributed by atoms with van der Waals surface area (Å²) in [4.78, 5) is 12.7. The Bertz CT molecular complexity index is 878. The number of nitrogens with one attached hydrogen (secondary N) is 2.